The van der Waals surface area contributed by atoms with Gasteiger partial charge < -0.3 is 10.1 Å². The second kappa shape index (κ2) is 8.25. The molecule has 1 aromatic carbocycles. The Morgan fingerprint density at radius 1 is 1.19 bits per heavy atom. The molecule has 1 fully saturated rings. The monoisotopic (exact) mass is 356 g/mol. The molecule has 26 heavy (non-hydrogen) atoms. The molecule has 0 aliphatic carbocycles. The standard InChI is InChI=1S/C19H24N4O3/c1-13-10-23(11-14(2)26-13)12-16-6-4-3-5-15(16)9-20-19(25)17-7-8-18(24)22-21-17/h3-8,13-14H,9-12H2,1-2H3,(H,20,25)(H,22,24)/t13-,14-/m0/s1. The fourth-order valence-corrected chi connectivity index (χ4v) is 3.28. The molecule has 0 bridgehead atoms. The lowest BCUT2D eigenvalue weighted by molar-refractivity contribution is -0.0705. The largest absolute Gasteiger partial charge is 0.373 e. The van der Waals surface area contributed by atoms with Crippen molar-refractivity contribution in [3.8, 4) is 0 Å². The lowest BCUT2D eigenvalue weighted by Gasteiger charge is -2.35. The summed E-state index contributed by atoms with van der Waals surface area (Å²) in [4.78, 5) is 25.6. The number of amides is 1. The molecule has 7 heteroatoms. The summed E-state index contributed by atoms with van der Waals surface area (Å²) in [5.74, 6) is -0.315. The first-order valence-electron chi connectivity index (χ1n) is 8.80. The molecule has 2 heterocycles. The third kappa shape index (κ3) is 4.77. The number of H-pyrrole nitrogens is 1. The summed E-state index contributed by atoms with van der Waals surface area (Å²) in [5.41, 5.74) is 2.11. The molecule has 138 valence electrons. The molecule has 2 atom stereocenters. The van der Waals surface area contributed by atoms with Crippen LogP contribution in [0.4, 0.5) is 0 Å². The first-order valence-corrected chi connectivity index (χ1v) is 8.80. The van der Waals surface area contributed by atoms with Crippen molar-refractivity contribution in [1.82, 2.24) is 20.4 Å². The van der Waals surface area contributed by atoms with Gasteiger partial charge in [0.15, 0.2) is 0 Å². The quantitative estimate of drug-likeness (QED) is 0.843. The molecule has 2 N–H and O–H groups in total. The molecule has 0 unspecified atom stereocenters. The minimum atomic E-state index is -0.333. The second-order valence-corrected chi connectivity index (χ2v) is 6.71. The van der Waals surface area contributed by atoms with Crippen molar-refractivity contribution in [3.05, 3.63) is 63.6 Å². The Labute approximate surface area is 152 Å². The topological polar surface area (TPSA) is 87.3 Å². The van der Waals surface area contributed by atoms with Gasteiger partial charge in [-0.2, -0.15) is 5.10 Å². The van der Waals surface area contributed by atoms with Gasteiger partial charge in [0, 0.05) is 32.2 Å². The van der Waals surface area contributed by atoms with Crippen molar-refractivity contribution < 1.29 is 9.53 Å². The number of nitrogens with zero attached hydrogens (tertiary/aromatic N) is 2. The molecule has 1 amide bonds. The molecule has 1 aromatic heterocycles. The lowest BCUT2D eigenvalue weighted by Crippen LogP contribution is -2.45. The number of ether oxygens (including phenoxy) is 1. The van der Waals surface area contributed by atoms with Crippen LogP contribution in [0.25, 0.3) is 0 Å². The molecule has 1 aliphatic heterocycles. The number of morpholine rings is 1. The van der Waals surface area contributed by atoms with E-state index < -0.39 is 0 Å². The minimum Gasteiger partial charge on any atom is -0.373 e. The number of benzene rings is 1. The van der Waals surface area contributed by atoms with Gasteiger partial charge in [0.1, 0.15) is 5.69 Å². The number of aromatic nitrogens is 2. The van der Waals surface area contributed by atoms with Gasteiger partial charge in [-0.25, -0.2) is 5.10 Å². The zero-order chi connectivity index (χ0) is 18.5. The van der Waals surface area contributed by atoms with Crippen LogP contribution in [0.1, 0.15) is 35.5 Å². The predicted octanol–water partition coefficient (Wildman–Crippen LogP) is 1.31. The molecule has 0 radical (unpaired) electrons. The van der Waals surface area contributed by atoms with E-state index >= 15 is 0 Å². The fourth-order valence-electron chi connectivity index (χ4n) is 3.28. The zero-order valence-electron chi connectivity index (χ0n) is 15.1. The summed E-state index contributed by atoms with van der Waals surface area (Å²) >= 11 is 0. The van der Waals surface area contributed by atoms with E-state index in [-0.39, 0.29) is 29.4 Å². The Morgan fingerprint density at radius 3 is 2.54 bits per heavy atom. The van der Waals surface area contributed by atoms with Crippen molar-refractivity contribution in [2.24, 2.45) is 0 Å². The van der Waals surface area contributed by atoms with Crippen LogP contribution in [0.2, 0.25) is 0 Å². The Hall–Kier alpha value is -2.51. The molecule has 1 saturated heterocycles. The van der Waals surface area contributed by atoms with Gasteiger partial charge in [0.25, 0.3) is 11.5 Å². The SMILES string of the molecule is C[C@H]1CN(Cc2ccccc2CNC(=O)c2ccc(=O)[nH]n2)C[C@H](C)O1. The number of carbonyl (C=O) groups excluding carboxylic acids is 1. The van der Waals surface area contributed by atoms with Crippen LogP contribution in [0.3, 0.4) is 0 Å². The number of hydrogen-bond donors (Lipinski definition) is 2. The van der Waals surface area contributed by atoms with Crippen LogP contribution in [0.15, 0.2) is 41.2 Å². The minimum absolute atomic E-state index is 0.193. The number of nitrogens with one attached hydrogen (secondary N) is 2. The van der Waals surface area contributed by atoms with Crippen molar-refractivity contribution >= 4 is 5.91 Å². The van der Waals surface area contributed by atoms with Crippen LogP contribution in [0, 0.1) is 0 Å². The number of rotatable bonds is 5. The number of carbonyl (C=O) groups is 1. The molecule has 1 aliphatic rings. The maximum absolute atomic E-state index is 12.2. The Kier molecular flexibility index (Phi) is 5.80. The van der Waals surface area contributed by atoms with Crippen LogP contribution < -0.4 is 10.9 Å². The van der Waals surface area contributed by atoms with E-state index in [2.05, 4.69) is 40.3 Å². The second-order valence-electron chi connectivity index (χ2n) is 6.71. The van der Waals surface area contributed by atoms with Crippen LogP contribution in [-0.2, 0) is 17.8 Å². The number of aromatic amines is 1. The molecule has 0 spiro atoms. The van der Waals surface area contributed by atoms with E-state index in [1.165, 1.54) is 17.7 Å². The predicted molar refractivity (Wildman–Crippen MR) is 97.8 cm³/mol. The molecule has 7 nitrogen and oxygen atoms in total. The lowest BCUT2D eigenvalue weighted by atomic mass is 10.1. The normalized spacial score (nSPS) is 20.7. The van der Waals surface area contributed by atoms with Gasteiger partial charge in [-0.3, -0.25) is 14.5 Å². The first-order chi connectivity index (χ1) is 12.5. The van der Waals surface area contributed by atoms with E-state index in [1.807, 2.05) is 18.2 Å². The molecule has 2 aromatic rings. The first kappa shape index (κ1) is 18.3. The summed E-state index contributed by atoms with van der Waals surface area (Å²) in [6, 6.07) is 10.8. The Bertz CT molecular complexity index is 790. The highest BCUT2D eigenvalue weighted by atomic mass is 16.5. The van der Waals surface area contributed by atoms with Crippen molar-refractivity contribution in [3.63, 3.8) is 0 Å². The van der Waals surface area contributed by atoms with Gasteiger partial charge in [-0.05, 0) is 31.0 Å². The fraction of sp³-hybridized carbons (Fsp3) is 0.421. The Balaban J connectivity index is 1.64. The highest BCUT2D eigenvalue weighted by Gasteiger charge is 2.22. The van der Waals surface area contributed by atoms with E-state index in [0.717, 1.165) is 25.2 Å². The third-order valence-electron chi connectivity index (χ3n) is 4.36. The van der Waals surface area contributed by atoms with Crippen LogP contribution in [-0.4, -0.2) is 46.3 Å². The summed E-state index contributed by atoms with van der Waals surface area (Å²) < 4.78 is 5.79. The van der Waals surface area contributed by atoms with Crippen molar-refractivity contribution in [1.29, 1.82) is 0 Å². The van der Waals surface area contributed by atoms with Crippen LogP contribution in [0.5, 0.6) is 0 Å². The van der Waals surface area contributed by atoms with Gasteiger partial charge in [-0.1, -0.05) is 24.3 Å². The van der Waals surface area contributed by atoms with Crippen molar-refractivity contribution in [2.45, 2.75) is 39.1 Å². The molecule has 3 rings (SSSR count). The molecular weight excluding hydrogens is 332 g/mol. The third-order valence-corrected chi connectivity index (χ3v) is 4.36. The highest BCUT2D eigenvalue weighted by molar-refractivity contribution is 5.91. The van der Waals surface area contributed by atoms with Gasteiger partial charge in [-0.15, -0.1) is 0 Å². The van der Waals surface area contributed by atoms with Gasteiger partial charge >= 0.3 is 0 Å². The van der Waals surface area contributed by atoms with E-state index in [4.69, 9.17) is 4.74 Å². The smallest absolute Gasteiger partial charge is 0.271 e. The Morgan fingerprint density at radius 2 is 1.88 bits per heavy atom. The maximum Gasteiger partial charge on any atom is 0.271 e. The average Bonchev–Trinajstić information content (AvgIpc) is 2.60. The summed E-state index contributed by atoms with van der Waals surface area (Å²) in [6.45, 7) is 7.20. The van der Waals surface area contributed by atoms with E-state index in [9.17, 15) is 9.59 Å². The maximum atomic E-state index is 12.2. The van der Waals surface area contributed by atoms with E-state index in [1.54, 1.807) is 0 Å². The van der Waals surface area contributed by atoms with Crippen molar-refractivity contribution in [2.75, 3.05) is 13.1 Å². The zero-order valence-corrected chi connectivity index (χ0v) is 15.1. The average molecular weight is 356 g/mol. The summed E-state index contributed by atoms with van der Waals surface area (Å²) in [7, 11) is 0. The summed E-state index contributed by atoms with van der Waals surface area (Å²) in [5, 5.41) is 8.88. The van der Waals surface area contributed by atoms with Gasteiger partial charge in [0.2, 0.25) is 0 Å². The summed E-state index contributed by atoms with van der Waals surface area (Å²) in [6.07, 6.45) is 0.439. The van der Waals surface area contributed by atoms with E-state index in [0.29, 0.717) is 6.54 Å². The van der Waals surface area contributed by atoms with Gasteiger partial charge in [0.05, 0.1) is 12.2 Å². The number of hydrogen-bond acceptors (Lipinski definition) is 5. The molecule has 0 saturated carbocycles. The molecular formula is C19H24N4O3. The van der Waals surface area contributed by atoms with Crippen LogP contribution >= 0.6 is 0 Å². The highest BCUT2D eigenvalue weighted by Crippen LogP contribution is 2.17.